The van der Waals surface area contributed by atoms with Gasteiger partial charge in [0.25, 0.3) is 0 Å². The summed E-state index contributed by atoms with van der Waals surface area (Å²) in [4.78, 5) is 4.45. The van der Waals surface area contributed by atoms with Crippen LogP contribution in [-0.2, 0) is 12.6 Å². The first-order chi connectivity index (χ1) is 10.5. The minimum absolute atomic E-state index is 0.474. The third kappa shape index (κ3) is 2.90. The summed E-state index contributed by atoms with van der Waals surface area (Å²) >= 11 is 0. The topological polar surface area (TPSA) is 26.5 Å². The Morgan fingerprint density at radius 1 is 1.14 bits per heavy atom. The Balaban J connectivity index is 1.83. The predicted octanol–water partition coefficient (Wildman–Crippen LogP) is 3.95. The molecule has 0 saturated heterocycles. The van der Waals surface area contributed by atoms with Gasteiger partial charge < -0.3 is 9.14 Å². The number of aromatic nitrogens is 2. The molecule has 3 nitrogen and oxygen atoms in total. The van der Waals surface area contributed by atoms with E-state index in [1.807, 2.05) is 22.9 Å². The highest BCUT2D eigenvalue weighted by Crippen LogP contribution is 2.29. The summed E-state index contributed by atoms with van der Waals surface area (Å²) in [7, 11) is 1.58. The molecule has 1 aromatic carbocycles. The fraction of sp³-hybridized carbons (Fsp3) is 0.188. The minimum atomic E-state index is -4.31. The number of methoxy groups -OCH3 is 1. The Kier molecular flexibility index (Phi) is 3.52. The van der Waals surface area contributed by atoms with Crippen LogP contribution in [0.1, 0.15) is 16.8 Å². The normalized spacial score (nSPS) is 11.8. The number of alkyl halides is 3. The first-order valence-corrected chi connectivity index (χ1v) is 6.63. The number of hydrogen-bond acceptors (Lipinski definition) is 2. The van der Waals surface area contributed by atoms with E-state index in [4.69, 9.17) is 4.74 Å². The van der Waals surface area contributed by atoms with Gasteiger partial charge in [0.2, 0.25) is 0 Å². The predicted molar refractivity (Wildman–Crippen MR) is 76.0 cm³/mol. The van der Waals surface area contributed by atoms with Crippen molar-refractivity contribution in [2.75, 3.05) is 7.11 Å². The first kappa shape index (κ1) is 14.4. The second-order valence-electron chi connectivity index (χ2n) is 4.94. The maximum atomic E-state index is 12.5. The Labute approximate surface area is 125 Å². The number of imidazole rings is 1. The summed E-state index contributed by atoms with van der Waals surface area (Å²) in [5, 5.41) is 0. The van der Waals surface area contributed by atoms with E-state index in [0.29, 0.717) is 12.2 Å². The molecule has 3 rings (SSSR count). The Bertz CT molecular complexity index is 791. The zero-order chi connectivity index (χ0) is 15.7. The van der Waals surface area contributed by atoms with Crippen molar-refractivity contribution in [2.24, 2.45) is 0 Å². The molecule has 3 aromatic rings. The Morgan fingerprint density at radius 3 is 2.50 bits per heavy atom. The molecule has 0 aliphatic carbocycles. The molecule has 0 amide bonds. The van der Waals surface area contributed by atoms with Crippen molar-refractivity contribution >= 4 is 5.65 Å². The molecule has 0 N–H and O–H groups in total. The van der Waals surface area contributed by atoms with Gasteiger partial charge in [-0.2, -0.15) is 13.2 Å². The second-order valence-corrected chi connectivity index (χ2v) is 4.94. The third-order valence-corrected chi connectivity index (χ3v) is 3.38. The zero-order valence-corrected chi connectivity index (χ0v) is 11.8. The largest absolute Gasteiger partial charge is 0.497 e. The number of nitrogens with zero attached hydrogens (tertiary/aromatic N) is 2. The molecule has 22 heavy (non-hydrogen) atoms. The summed E-state index contributed by atoms with van der Waals surface area (Å²) in [6.07, 6.45) is -0.149. The van der Waals surface area contributed by atoms with Crippen molar-refractivity contribution in [2.45, 2.75) is 12.6 Å². The van der Waals surface area contributed by atoms with E-state index in [1.165, 1.54) is 12.1 Å². The maximum Gasteiger partial charge on any atom is 0.416 e. The van der Waals surface area contributed by atoms with Crippen molar-refractivity contribution in [1.29, 1.82) is 0 Å². The van der Waals surface area contributed by atoms with E-state index in [9.17, 15) is 13.2 Å². The van der Waals surface area contributed by atoms with E-state index in [1.54, 1.807) is 13.2 Å². The number of rotatable bonds is 3. The van der Waals surface area contributed by atoms with Crippen LogP contribution in [0.15, 0.2) is 48.8 Å². The molecule has 0 unspecified atom stereocenters. The Morgan fingerprint density at radius 2 is 1.86 bits per heavy atom. The van der Waals surface area contributed by atoms with Crippen LogP contribution in [0.3, 0.4) is 0 Å². The summed E-state index contributed by atoms with van der Waals surface area (Å²) in [6, 6.07) is 8.76. The van der Waals surface area contributed by atoms with Gasteiger partial charge in [-0.05, 0) is 23.8 Å². The number of halogens is 3. The molecule has 0 fully saturated rings. The van der Waals surface area contributed by atoms with Crippen LogP contribution in [0.2, 0.25) is 0 Å². The van der Waals surface area contributed by atoms with Crippen LogP contribution in [0.4, 0.5) is 13.2 Å². The highest BCUT2D eigenvalue weighted by Gasteiger charge is 2.29. The summed E-state index contributed by atoms with van der Waals surface area (Å²) in [5.74, 6) is 0.708. The van der Waals surface area contributed by atoms with Gasteiger partial charge in [-0.15, -0.1) is 0 Å². The summed E-state index contributed by atoms with van der Waals surface area (Å²) in [5.41, 5.74) is 1.66. The molecule has 0 spiro atoms. The lowest BCUT2D eigenvalue weighted by Crippen LogP contribution is -2.04. The lowest BCUT2D eigenvalue weighted by Gasteiger charge is -2.06. The van der Waals surface area contributed by atoms with E-state index in [0.717, 1.165) is 29.0 Å². The van der Waals surface area contributed by atoms with E-state index in [-0.39, 0.29) is 0 Å². The smallest absolute Gasteiger partial charge is 0.416 e. The van der Waals surface area contributed by atoms with Crippen LogP contribution >= 0.6 is 0 Å². The average molecular weight is 306 g/mol. The molecular weight excluding hydrogens is 293 g/mol. The van der Waals surface area contributed by atoms with Gasteiger partial charge in [0.1, 0.15) is 11.4 Å². The van der Waals surface area contributed by atoms with Gasteiger partial charge in [0, 0.05) is 24.9 Å². The molecule has 0 saturated carbocycles. The van der Waals surface area contributed by atoms with Crippen LogP contribution < -0.4 is 4.74 Å². The van der Waals surface area contributed by atoms with Gasteiger partial charge in [-0.1, -0.05) is 12.1 Å². The van der Waals surface area contributed by atoms with E-state index in [2.05, 4.69) is 4.98 Å². The SMILES string of the molecule is COc1ccn2cc(Cc3ccc(C(F)(F)F)cc3)nc2c1. The molecule has 0 atom stereocenters. The Hall–Kier alpha value is -2.50. The lowest BCUT2D eigenvalue weighted by atomic mass is 10.1. The maximum absolute atomic E-state index is 12.5. The quantitative estimate of drug-likeness (QED) is 0.732. The molecule has 0 bridgehead atoms. The minimum Gasteiger partial charge on any atom is -0.497 e. The molecule has 6 heteroatoms. The average Bonchev–Trinajstić information content (AvgIpc) is 2.88. The van der Waals surface area contributed by atoms with Gasteiger partial charge in [-0.25, -0.2) is 4.98 Å². The number of ether oxygens (including phenoxy) is 1. The molecule has 2 aromatic heterocycles. The molecule has 0 radical (unpaired) electrons. The highest BCUT2D eigenvalue weighted by molar-refractivity contribution is 5.46. The lowest BCUT2D eigenvalue weighted by molar-refractivity contribution is -0.137. The third-order valence-electron chi connectivity index (χ3n) is 3.38. The van der Waals surface area contributed by atoms with Crippen molar-refractivity contribution in [3.8, 4) is 5.75 Å². The standard InChI is InChI=1S/C16H13F3N2O/c1-22-14-6-7-21-10-13(20-15(21)9-14)8-11-2-4-12(5-3-11)16(17,18)19/h2-7,9-10H,8H2,1H3. The van der Waals surface area contributed by atoms with Crippen molar-refractivity contribution in [1.82, 2.24) is 9.38 Å². The van der Waals surface area contributed by atoms with Gasteiger partial charge >= 0.3 is 6.18 Å². The molecule has 2 heterocycles. The van der Waals surface area contributed by atoms with Gasteiger partial charge in [0.05, 0.1) is 18.4 Å². The highest BCUT2D eigenvalue weighted by atomic mass is 19.4. The fourth-order valence-corrected chi connectivity index (χ4v) is 2.25. The molecule has 0 aliphatic heterocycles. The van der Waals surface area contributed by atoms with Gasteiger partial charge in [-0.3, -0.25) is 0 Å². The molecule has 114 valence electrons. The number of fused-ring (bicyclic) bond motifs is 1. The van der Waals surface area contributed by atoms with Crippen molar-refractivity contribution in [3.05, 3.63) is 65.6 Å². The second kappa shape index (κ2) is 5.36. The van der Waals surface area contributed by atoms with E-state index < -0.39 is 11.7 Å². The monoisotopic (exact) mass is 306 g/mol. The van der Waals surface area contributed by atoms with Crippen molar-refractivity contribution in [3.63, 3.8) is 0 Å². The van der Waals surface area contributed by atoms with Gasteiger partial charge in [0.15, 0.2) is 0 Å². The molecular formula is C16H13F3N2O. The summed E-state index contributed by atoms with van der Waals surface area (Å²) < 4.78 is 44.6. The number of pyridine rings is 1. The first-order valence-electron chi connectivity index (χ1n) is 6.63. The van der Waals surface area contributed by atoms with Crippen LogP contribution in [0.25, 0.3) is 5.65 Å². The van der Waals surface area contributed by atoms with Crippen LogP contribution in [-0.4, -0.2) is 16.5 Å². The zero-order valence-electron chi connectivity index (χ0n) is 11.8. The van der Waals surface area contributed by atoms with Crippen molar-refractivity contribution < 1.29 is 17.9 Å². The molecule has 0 aliphatic rings. The summed E-state index contributed by atoms with van der Waals surface area (Å²) in [6.45, 7) is 0. The fourth-order valence-electron chi connectivity index (χ4n) is 2.25. The number of benzene rings is 1. The number of hydrogen-bond donors (Lipinski definition) is 0. The van der Waals surface area contributed by atoms with E-state index >= 15 is 0 Å². The van der Waals surface area contributed by atoms with Crippen LogP contribution in [0, 0.1) is 0 Å². The van der Waals surface area contributed by atoms with Crippen LogP contribution in [0.5, 0.6) is 5.75 Å².